The van der Waals surface area contributed by atoms with E-state index in [0.29, 0.717) is 16.6 Å². The molecule has 0 radical (unpaired) electrons. The summed E-state index contributed by atoms with van der Waals surface area (Å²) in [5.41, 5.74) is 6.09. The van der Waals surface area contributed by atoms with Crippen LogP contribution in [0.1, 0.15) is 19.8 Å². The fourth-order valence-electron chi connectivity index (χ4n) is 1.39. The molecule has 0 spiro atoms. The number of nitrogens with two attached hydrogens (primary N) is 1. The molecule has 18 heavy (non-hydrogen) atoms. The van der Waals surface area contributed by atoms with Crippen molar-refractivity contribution in [3.63, 3.8) is 0 Å². The number of halogens is 1. The van der Waals surface area contributed by atoms with Crippen molar-refractivity contribution in [3.8, 4) is 0 Å². The molecule has 0 unspecified atom stereocenters. The van der Waals surface area contributed by atoms with Crippen LogP contribution in [0.3, 0.4) is 0 Å². The number of non-ortho nitro benzene ring substituents is 1. The van der Waals surface area contributed by atoms with E-state index in [-0.39, 0.29) is 11.6 Å². The van der Waals surface area contributed by atoms with E-state index in [0.717, 1.165) is 6.42 Å². The molecule has 1 amide bonds. The van der Waals surface area contributed by atoms with Gasteiger partial charge in [0, 0.05) is 16.6 Å². The summed E-state index contributed by atoms with van der Waals surface area (Å²) in [5.74, 6) is -0.300. The van der Waals surface area contributed by atoms with Crippen LogP contribution in [0.4, 0.5) is 11.4 Å². The van der Waals surface area contributed by atoms with Crippen LogP contribution in [0.15, 0.2) is 22.7 Å². The number of carbonyl (C=O) groups is 1. The molecule has 7 heteroatoms. The molecule has 1 aromatic rings. The van der Waals surface area contributed by atoms with E-state index in [4.69, 9.17) is 5.73 Å². The third-order valence-corrected chi connectivity index (χ3v) is 3.01. The molecule has 1 rings (SSSR count). The van der Waals surface area contributed by atoms with E-state index in [1.165, 1.54) is 18.2 Å². The first-order chi connectivity index (χ1) is 8.45. The van der Waals surface area contributed by atoms with Gasteiger partial charge in [-0.3, -0.25) is 14.9 Å². The van der Waals surface area contributed by atoms with Crippen molar-refractivity contribution in [2.45, 2.75) is 25.8 Å². The van der Waals surface area contributed by atoms with Crippen LogP contribution in [-0.4, -0.2) is 16.9 Å². The largest absolute Gasteiger partial charge is 0.324 e. The smallest absolute Gasteiger partial charge is 0.270 e. The minimum absolute atomic E-state index is 0.0438. The molecule has 0 aliphatic heterocycles. The third kappa shape index (κ3) is 3.78. The van der Waals surface area contributed by atoms with Gasteiger partial charge in [-0.05, 0) is 28.4 Å². The van der Waals surface area contributed by atoms with E-state index in [9.17, 15) is 14.9 Å². The molecular weight excluding hydrogens is 302 g/mol. The summed E-state index contributed by atoms with van der Waals surface area (Å²) >= 11 is 3.17. The number of carbonyl (C=O) groups excluding carboxylic acids is 1. The maximum absolute atomic E-state index is 11.7. The van der Waals surface area contributed by atoms with Crippen LogP contribution in [-0.2, 0) is 4.79 Å². The van der Waals surface area contributed by atoms with Crippen molar-refractivity contribution >= 4 is 33.2 Å². The number of rotatable bonds is 5. The monoisotopic (exact) mass is 315 g/mol. The van der Waals surface area contributed by atoms with E-state index in [1.807, 2.05) is 6.92 Å². The number of hydrogen-bond donors (Lipinski definition) is 2. The highest BCUT2D eigenvalue weighted by Crippen LogP contribution is 2.27. The van der Waals surface area contributed by atoms with Crippen LogP contribution in [0.2, 0.25) is 0 Å². The zero-order chi connectivity index (χ0) is 13.7. The standard InChI is InChI=1S/C11H14BrN3O3/c1-2-3-9(13)11(16)14-10-5-4-7(15(17)18)6-8(10)12/h4-6,9H,2-3,13H2,1H3,(H,14,16)/t9-/m0/s1. The zero-order valence-corrected chi connectivity index (χ0v) is 11.4. The fourth-order valence-corrected chi connectivity index (χ4v) is 1.85. The van der Waals surface area contributed by atoms with Crippen LogP contribution >= 0.6 is 15.9 Å². The molecule has 0 aliphatic rings. The van der Waals surface area contributed by atoms with Gasteiger partial charge in [0.05, 0.1) is 16.7 Å². The van der Waals surface area contributed by atoms with Crippen LogP contribution in [0.25, 0.3) is 0 Å². The van der Waals surface area contributed by atoms with Gasteiger partial charge in [0.15, 0.2) is 0 Å². The van der Waals surface area contributed by atoms with E-state index < -0.39 is 11.0 Å². The molecule has 98 valence electrons. The highest BCUT2D eigenvalue weighted by molar-refractivity contribution is 9.10. The van der Waals surface area contributed by atoms with Crippen molar-refractivity contribution in [2.24, 2.45) is 5.73 Å². The second kappa shape index (κ2) is 6.46. The summed E-state index contributed by atoms with van der Waals surface area (Å²) in [5, 5.41) is 13.2. The Kier molecular flexibility index (Phi) is 5.24. The lowest BCUT2D eigenvalue weighted by molar-refractivity contribution is -0.384. The van der Waals surface area contributed by atoms with Gasteiger partial charge in [-0.1, -0.05) is 13.3 Å². The first-order valence-corrected chi connectivity index (χ1v) is 6.25. The molecule has 0 fully saturated rings. The molecule has 0 aromatic heterocycles. The Morgan fingerprint density at radius 1 is 1.61 bits per heavy atom. The quantitative estimate of drug-likeness (QED) is 0.644. The summed E-state index contributed by atoms with van der Waals surface area (Å²) < 4.78 is 0.453. The lowest BCUT2D eigenvalue weighted by Gasteiger charge is -2.12. The number of nitro benzene ring substituents is 1. The Hall–Kier alpha value is -1.47. The predicted molar refractivity (Wildman–Crippen MR) is 72.3 cm³/mol. The van der Waals surface area contributed by atoms with Gasteiger partial charge in [-0.15, -0.1) is 0 Å². The average Bonchev–Trinajstić information content (AvgIpc) is 2.31. The Morgan fingerprint density at radius 2 is 2.28 bits per heavy atom. The van der Waals surface area contributed by atoms with E-state index in [1.54, 1.807) is 0 Å². The van der Waals surface area contributed by atoms with Crippen molar-refractivity contribution in [3.05, 3.63) is 32.8 Å². The third-order valence-electron chi connectivity index (χ3n) is 2.36. The minimum atomic E-state index is -0.572. The Bertz CT molecular complexity index is 465. The molecule has 0 saturated heterocycles. The van der Waals surface area contributed by atoms with Gasteiger partial charge < -0.3 is 11.1 Å². The maximum Gasteiger partial charge on any atom is 0.270 e. The van der Waals surface area contributed by atoms with Gasteiger partial charge in [-0.25, -0.2) is 0 Å². The first-order valence-electron chi connectivity index (χ1n) is 5.46. The highest BCUT2D eigenvalue weighted by Gasteiger charge is 2.15. The summed E-state index contributed by atoms with van der Waals surface area (Å²) in [7, 11) is 0. The summed E-state index contributed by atoms with van der Waals surface area (Å²) in [4.78, 5) is 21.7. The van der Waals surface area contributed by atoms with Crippen molar-refractivity contribution in [2.75, 3.05) is 5.32 Å². The van der Waals surface area contributed by atoms with E-state index >= 15 is 0 Å². The molecule has 6 nitrogen and oxygen atoms in total. The van der Waals surface area contributed by atoms with Gasteiger partial charge in [0.2, 0.25) is 5.91 Å². The molecule has 3 N–H and O–H groups in total. The second-order valence-corrected chi connectivity index (χ2v) is 4.66. The molecule has 0 bridgehead atoms. The molecule has 0 saturated carbocycles. The van der Waals surface area contributed by atoms with Crippen LogP contribution < -0.4 is 11.1 Å². The summed E-state index contributed by atoms with van der Waals surface area (Å²) in [6, 6.07) is 3.56. The molecule has 1 aromatic carbocycles. The van der Waals surface area contributed by atoms with Crippen molar-refractivity contribution in [1.29, 1.82) is 0 Å². The highest BCUT2D eigenvalue weighted by atomic mass is 79.9. The molecular formula is C11H14BrN3O3. The van der Waals surface area contributed by atoms with Gasteiger partial charge in [0.1, 0.15) is 0 Å². The van der Waals surface area contributed by atoms with Gasteiger partial charge in [-0.2, -0.15) is 0 Å². The molecule has 0 heterocycles. The second-order valence-electron chi connectivity index (χ2n) is 3.81. The van der Waals surface area contributed by atoms with Gasteiger partial charge >= 0.3 is 0 Å². The predicted octanol–water partition coefficient (Wildman–Crippen LogP) is 2.42. The number of nitrogens with zero attached hydrogens (tertiary/aromatic N) is 1. The van der Waals surface area contributed by atoms with Crippen LogP contribution in [0, 0.1) is 10.1 Å². The number of hydrogen-bond acceptors (Lipinski definition) is 4. The zero-order valence-electron chi connectivity index (χ0n) is 9.85. The maximum atomic E-state index is 11.7. The Morgan fingerprint density at radius 3 is 2.78 bits per heavy atom. The van der Waals surface area contributed by atoms with Crippen LogP contribution in [0.5, 0.6) is 0 Å². The number of anilines is 1. The number of nitro groups is 1. The van der Waals surface area contributed by atoms with Crippen molar-refractivity contribution in [1.82, 2.24) is 0 Å². The Balaban J connectivity index is 2.79. The lowest BCUT2D eigenvalue weighted by Crippen LogP contribution is -2.35. The lowest BCUT2D eigenvalue weighted by atomic mass is 10.1. The number of benzene rings is 1. The topological polar surface area (TPSA) is 98.3 Å². The summed E-state index contributed by atoms with van der Waals surface area (Å²) in [6.07, 6.45) is 1.41. The average molecular weight is 316 g/mol. The Labute approximate surface area is 113 Å². The number of amides is 1. The fraction of sp³-hybridized carbons (Fsp3) is 0.364. The number of nitrogens with one attached hydrogen (secondary N) is 1. The normalized spacial score (nSPS) is 11.9. The molecule has 1 atom stereocenters. The van der Waals surface area contributed by atoms with Gasteiger partial charge in [0.25, 0.3) is 5.69 Å². The minimum Gasteiger partial charge on any atom is -0.324 e. The summed E-state index contributed by atoms with van der Waals surface area (Å²) in [6.45, 7) is 1.94. The van der Waals surface area contributed by atoms with E-state index in [2.05, 4.69) is 21.2 Å². The first kappa shape index (κ1) is 14.6. The molecule has 0 aliphatic carbocycles. The van der Waals surface area contributed by atoms with Crippen molar-refractivity contribution < 1.29 is 9.72 Å². The SMILES string of the molecule is CCC[C@H](N)C(=O)Nc1ccc([N+](=O)[O-])cc1Br.